The van der Waals surface area contributed by atoms with E-state index in [-0.39, 0.29) is 5.54 Å². The van der Waals surface area contributed by atoms with Crippen molar-refractivity contribution in [2.75, 3.05) is 19.6 Å². The zero-order valence-corrected chi connectivity index (χ0v) is 12.0. The molecule has 1 saturated heterocycles. The summed E-state index contributed by atoms with van der Waals surface area (Å²) in [6, 6.07) is 0.602. The van der Waals surface area contributed by atoms with Crippen molar-refractivity contribution in [3.05, 3.63) is 12.7 Å². The number of hydrogen-bond acceptors (Lipinski definition) is 2. The van der Waals surface area contributed by atoms with Crippen LogP contribution in [0.25, 0.3) is 0 Å². The average Bonchev–Trinajstić information content (AvgIpc) is 2.82. The molecule has 0 aromatic heterocycles. The summed E-state index contributed by atoms with van der Waals surface area (Å²) in [5.74, 6) is 0. The average molecular weight is 238 g/mol. The van der Waals surface area contributed by atoms with Gasteiger partial charge in [0.25, 0.3) is 0 Å². The molecule has 0 aromatic rings. The third-order valence-electron chi connectivity index (χ3n) is 4.13. The van der Waals surface area contributed by atoms with Gasteiger partial charge in [0.15, 0.2) is 0 Å². The van der Waals surface area contributed by atoms with Crippen molar-refractivity contribution < 1.29 is 0 Å². The maximum atomic E-state index is 3.81. The lowest BCUT2D eigenvalue weighted by molar-refractivity contribution is 0.102. The van der Waals surface area contributed by atoms with E-state index in [0.717, 1.165) is 13.0 Å². The Morgan fingerprint density at radius 1 is 1.35 bits per heavy atom. The van der Waals surface area contributed by atoms with Crippen molar-refractivity contribution in [1.29, 1.82) is 0 Å². The zero-order chi connectivity index (χ0) is 12.7. The number of likely N-dealkylation sites (N-methyl/N-ethyl adjacent to an activating group) is 1. The smallest absolute Gasteiger partial charge is 0.0306 e. The van der Waals surface area contributed by atoms with Gasteiger partial charge in [0.2, 0.25) is 0 Å². The molecule has 0 bridgehead atoms. The van der Waals surface area contributed by atoms with Gasteiger partial charge in [-0.1, -0.05) is 13.0 Å². The van der Waals surface area contributed by atoms with E-state index in [9.17, 15) is 0 Å². The van der Waals surface area contributed by atoms with E-state index in [1.807, 2.05) is 6.08 Å². The van der Waals surface area contributed by atoms with Gasteiger partial charge in [-0.05, 0) is 65.6 Å². The molecule has 0 amide bonds. The summed E-state index contributed by atoms with van der Waals surface area (Å²) in [6.45, 7) is 14.4. The highest BCUT2D eigenvalue weighted by Gasteiger charge is 2.35. The van der Waals surface area contributed by atoms with Crippen LogP contribution in [0.2, 0.25) is 0 Å². The highest BCUT2D eigenvalue weighted by molar-refractivity contribution is 4.95. The molecular formula is C15H30N2. The van der Waals surface area contributed by atoms with Crippen LogP contribution < -0.4 is 5.32 Å². The monoisotopic (exact) mass is 238 g/mol. The minimum atomic E-state index is 0.285. The maximum Gasteiger partial charge on any atom is 0.0306 e. The summed E-state index contributed by atoms with van der Waals surface area (Å²) in [4.78, 5) is 2.66. The molecule has 2 heteroatoms. The predicted octanol–water partition coefficient (Wildman–Crippen LogP) is 3.20. The Morgan fingerprint density at radius 2 is 2.00 bits per heavy atom. The molecule has 0 spiro atoms. The Hall–Kier alpha value is -0.340. The Kier molecular flexibility index (Phi) is 6.21. The van der Waals surface area contributed by atoms with Crippen molar-refractivity contribution in [2.24, 2.45) is 0 Å². The molecule has 0 radical (unpaired) electrons. The molecule has 1 aliphatic heterocycles. The normalized spacial score (nSPS) is 19.5. The lowest BCUT2D eigenvalue weighted by Gasteiger charge is -2.42. The van der Waals surface area contributed by atoms with E-state index in [4.69, 9.17) is 0 Å². The van der Waals surface area contributed by atoms with Crippen molar-refractivity contribution in [3.63, 3.8) is 0 Å². The van der Waals surface area contributed by atoms with Gasteiger partial charge in [-0.3, -0.25) is 4.90 Å². The van der Waals surface area contributed by atoms with Gasteiger partial charge in [-0.2, -0.15) is 0 Å². The van der Waals surface area contributed by atoms with Crippen molar-refractivity contribution in [3.8, 4) is 0 Å². The van der Waals surface area contributed by atoms with Gasteiger partial charge in [0.1, 0.15) is 0 Å². The molecule has 1 atom stereocenters. The summed E-state index contributed by atoms with van der Waals surface area (Å²) >= 11 is 0. The van der Waals surface area contributed by atoms with Crippen LogP contribution in [-0.2, 0) is 0 Å². The topological polar surface area (TPSA) is 15.3 Å². The van der Waals surface area contributed by atoms with E-state index in [2.05, 4.69) is 37.6 Å². The molecule has 1 aliphatic rings. The summed E-state index contributed by atoms with van der Waals surface area (Å²) in [6.07, 6.45) is 8.41. The highest BCUT2D eigenvalue weighted by atomic mass is 15.2. The second-order valence-corrected chi connectivity index (χ2v) is 5.68. The minimum Gasteiger partial charge on any atom is -0.312 e. The van der Waals surface area contributed by atoms with E-state index >= 15 is 0 Å². The van der Waals surface area contributed by atoms with Crippen LogP contribution in [0.15, 0.2) is 12.7 Å². The van der Waals surface area contributed by atoms with Crippen LogP contribution in [0.3, 0.4) is 0 Å². The first-order chi connectivity index (χ1) is 8.12. The molecule has 1 rings (SSSR count). The number of rotatable bonds is 8. The molecule has 100 valence electrons. The lowest BCUT2D eigenvalue weighted by Crippen LogP contribution is -2.56. The number of likely N-dealkylation sites (tertiary alicyclic amines) is 1. The molecule has 1 fully saturated rings. The number of nitrogens with one attached hydrogen (secondary N) is 1. The van der Waals surface area contributed by atoms with E-state index < -0.39 is 0 Å². The molecule has 17 heavy (non-hydrogen) atoms. The fraction of sp³-hybridized carbons (Fsp3) is 0.867. The summed E-state index contributed by atoms with van der Waals surface area (Å²) in [7, 11) is 0. The summed E-state index contributed by atoms with van der Waals surface area (Å²) < 4.78 is 0. The third-order valence-corrected chi connectivity index (χ3v) is 4.13. The fourth-order valence-electron chi connectivity index (χ4n) is 2.93. The zero-order valence-electron chi connectivity index (χ0n) is 12.0. The number of allylic oxidation sites excluding steroid dienone is 1. The molecule has 1 heterocycles. The van der Waals surface area contributed by atoms with Crippen LogP contribution in [-0.4, -0.2) is 36.1 Å². The molecule has 0 saturated carbocycles. The first kappa shape index (κ1) is 14.7. The summed E-state index contributed by atoms with van der Waals surface area (Å²) in [5, 5.41) is 3.68. The first-order valence-electron chi connectivity index (χ1n) is 7.22. The summed E-state index contributed by atoms with van der Waals surface area (Å²) in [5.41, 5.74) is 0.285. The third kappa shape index (κ3) is 4.11. The number of nitrogens with zero attached hydrogens (tertiary/aromatic N) is 1. The standard InChI is InChI=1S/C15H30N2/c1-5-7-8-11-14(16-6-2)15(3,4)17-12-9-10-13-17/h5,14,16H,1,6-13H2,2-4H3. The number of hydrogen-bond donors (Lipinski definition) is 1. The van der Waals surface area contributed by atoms with Gasteiger partial charge in [-0.25, -0.2) is 0 Å². The van der Waals surface area contributed by atoms with Crippen LogP contribution in [0.5, 0.6) is 0 Å². The van der Waals surface area contributed by atoms with Gasteiger partial charge >= 0.3 is 0 Å². The first-order valence-corrected chi connectivity index (χ1v) is 7.22. The second-order valence-electron chi connectivity index (χ2n) is 5.68. The Bertz CT molecular complexity index is 217. The van der Waals surface area contributed by atoms with Crippen LogP contribution in [0.1, 0.15) is 52.9 Å². The number of unbranched alkanes of at least 4 members (excludes halogenated alkanes) is 1. The van der Waals surface area contributed by atoms with E-state index in [1.54, 1.807) is 0 Å². The Labute approximate surface area is 107 Å². The van der Waals surface area contributed by atoms with Crippen LogP contribution >= 0.6 is 0 Å². The molecular weight excluding hydrogens is 208 g/mol. The van der Waals surface area contributed by atoms with Crippen LogP contribution in [0.4, 0.5) is 0 Å². The molecule has 0 aliphatic carbocycles. The van der Waals surface area contributed by atoms with E-state index in [0.29, 0.717) is 6.04 Å². The molecule has 2 nitrogen and oxygen atoms in total. The quantitative estimate of drug-likeness (QED) is 0.516. The fourth-order valence-corrected chi connectivity index (χ4v) is 2.93. The lowest BCUT2D eigenvalue weighted by atomic mass is 9.88. The van der Waals surface area contributed by atoms with Crippen LogP contribution in [0, 0.1) is 0 Å². The second kappa shape index (κ2) is 7.17. The minimum absolute atomic E-state index is 0.285. The Balaban J connectivity index is 2.55. The largest absolute Gasteiger partial charge is 0.312 e. The maximum absolute atomic E-state index is 3.81. The molecule has 1 unspecified atom stereocenters. The van der Waals surface area contributed by atoms with Crippen molar-refractivity contribution >= 4 is 0 Å². The van der Waals surface area contributed by atoms with Gasteiger partial charge in [0.05, 0.1) is 0 Å². The molecule has 0 aromatic carbocycles. The Morgan fingerprint density at radius 3 is 2.53 bits per heavy atom. The highest BCUT2D eigenvalue weighted by Crippen LogP contribution is 2.26. The van der Waals surface area contributed by atoms with Crippen molar-refractivity contribution in [2.45, 2.75) is 64.5 Å². The van der Waals surface area contributed by atoms with E-state index in [1.165, 1.54) is 38.8 Å². The van der Waals surface area contributed by atoms with Gasteiger partial charge < -0.3 is 5.32 Å². The molecule has 1 N–H and O–H groups in total. The SMILES string of the molecule is C=CCCCC(NCC)C(C)(C)N1CCCC1. The van der Waals surface area contributed by atoms with Gasteiger partial charge in [0, 0.05) is 11.6 Å². The predicted molar refractivity (Wildman–Crippen MR) is 76.4 cm³/mol. The van der Waals surface area contributed by atoms with Crippen molar-refractivity contribution in [1.82, 2.24) is 10.2 Å². The van der Waals surface area contributed by atoms with Gasteiger partial charge in [-0.15, -0.1) is 6.58 Å².